The number of carboxylic acid groups (broad SMARTS) is 1. The Morgan fingerprint density at radius 2 is 1.81 bits per heavy atom. The number of aliphatic imine (C=N–C) groups is 1. The normalized spacial score (nSPS) is 15.8. The van der Waals surface area contributed by atoms with Crippen LogP contribution in [0.5, 0.6) is 5.75 Å². The molecule has 1 heterocycles. The quantitative estimate of drug-likeness (QED) is 0.535. The van der Waals surface area contributed by atoms with Gasteiger partial charge in [0.2, 0.25) is 0 Å². The number of carbonyl (C=O) groups excluding carboxylic acids is 1. The predicted molar refractivity (Wildman–Crippen MR) is 127 cm³/mol. The topological polar surface area (TPSA) is 85.7 Å². The molecule has 1 N–H and O–H groups in total. The van der Waals surface area contributed by atoms with Crippen molar-refractivity contribution in [3.05, 3.63) is 29.3 Å². The average Bonchev–Trinajstić information content (AvgIpc) is 2.70. The third-order valence-electron chi connectivity index (χ3n) is 5.38. The highest BCUT2D eigenvalue weighted by atomic mass is 16.5. The fourth-order valence-electron chi connectivity index (χ4n) is 3.62. The minimum atomic E-state index is -0.851. The van der Waals surface area contributed by atoms with Crippen molar-refractivity contribution in [1.29, 1.82) is 0 Å². The van der Waals surface area contributed by atoms with Crippen molar-refractivity contribution >= 4 is 17.8 Å². The number of carbonyl (C=O) groups is 2. The number of rotatable bonds is 6. The maximum absolute atomic E-state index is 13.3. The SMILES string of the molecule is CCOc1cc(C(C)(C)C)ccc1/C(=N/C(C)C)N(C)C(=O)N1CCN(CC(=O)O)CC1. The van der Waals surface area contributed by atoms with Crippen LogP contribution in [-0.4, -0.2) is 90.1 Å². The monoisotopic (exact) mass is 446 g/mol. The number of hydrogen-bond donors (Lipinski definition) is 1. The Morgan fingerprint density at radius 1 is 1.19 bits per heavy atom. The second kappa shape index (κ2) is 10.8. The molecule has 0 atom stereocenters. The van der Waals surface area contributed by atoms with Crippen LogP contribution in [0.2, 0.25) is 0 Å². The summed E-state index contributed by atoms with van der Waals surface area (Å²) < 4.78 is 5.97. The molecule has 0 bridgehead atoms. The van der Waals surface area contributed by atoms with Crippen LogP contribution in [-0.2, 0) is 10.2 Å². The van der Waals surface area contributed by atoms with Crippen molar-refractivity contribution < 1.29 is 19.4 Å². The molecule has 0 saturated carbocycles. The van der Waals surface area contributed by atoms with E-state index in [0.717, 1.165) is 11.1 Å². The lowest BCUT2D eigenvalue weighted by Gasteiger charge is -2.36. The summed E-state index contributed by atoms with van der Waals surface area (Å²) in [7, 11) is 1.74. The molecular formula is C24H38N4O4. The van der Waals surface area contributed by atoms with Crippen LogP contribution in [0.4, 0.5) is 4.79 Å². The molecule has 0 aromatic heterocycles. The van der Waals surface area contributed by atoms with Gasteiger partial charge in [0.15, 0.2) is 0 Å². The molecule has 1 aliphatic heterocycles. The van der Waals surface area contributed by atoms with Crippen molar-refractivity contribution in [1.82, 2.24) is 14.7 Å². The molecular weight excluding hydrogens is 408 g/mol. The molecule has 2 amide bonds. The maximum Gasteiger partial charge on any atom is 0.325 e. The Morgan fingerprint density at radius 3 is 2.31 bits per heavy atom. The molecule has 0 radical (unpaired) electrons. The Balaban J connectivity index is 2.32. The zero-order valence-corrected chi connectivity index (χ0v) is 20.5. The van der Waals surface area contributed by atoms with Gasteiger partial charge in [-0.2, -0.15) is 0 Å². The van der Waals surface area contributed by atoms with Gasteiger partial charge in [-0.3, -0.25) is 19.6 Å². The van der Waals surface area contributed by atoms with Crippen LogP contribution in [0.15, 0.2) is 23.2 Å². The van der Waals surface area contributed by atoms with Gasteiger partial charge in [-0.1, -0.05) is 26.8 Å². The van der Waals surface area contributed by atoms with Gasteiger partial charge >= 0.3 is 12.0 Å². The highest BCUT2D eigenvalue weighted by Gasteiger charge is 2.29. The van der Waals surface area contributed by atoms with Crippen LogP contribution < -0.4 is 4.74 Å². The highest BCUT2D eigenvalue weighted by molar-refractivity contribution is 6.09. The summed E-state index contributed by atoms with van der Waals surface area (Å²) in [6, 6.07) is 5.93. The van der Waals surface area contributed by atoms with Crippen molar-refractivity contribution in [2.45, 2.75) is 53.0 Å². The van der Waals surface area contributed by atoms with Crippen molar-refractivity contribution in [3.63, 3.8) is 0 Å². The van der Waals surface area contributed by atoms with E-state index >= 15 is 0 Å². The average molecular weight is 447 g/mol. The molecule has 1 aliphatic rings. The summed E-state index contributed by atoms with van der Waals surface area (Å²) in [6.45, 7) is 14.9. The zero-order valence-electron chi connectivity index (χ0n) is 20.5. The smallest absolute Gasteiger partial charge is 0.325 e. The number of urea groups is 1. The molecule has 0 unspecified atom stereocenters. The van der Waals surface area contributed by atoms with E-state index in [4.69, 9.17) is 14.8 Å². The Labute approximate surface area is 191 Å². The van der Waals surface area contributed by atoms with E-state index < -0.39 is 5.97 Å². The summed E-state index contributed by atoms with van der Waals surface area (Å²) in [5, 5.41) is 8.99. The van der Waals surface area contributed by atoms with Crippen LogP contribution in [0.25, 0.3) is 0 Å². The van der Waals surface area contributed by atoms with E-state index in [2.05, 4.69) is 26.8 Å². The number of benzene rings is 1. The zero-order chi connectivity index (χ0) is 24.1. The van der Waals surface area contributed by atoms with E-state index in [-0.39, 0.29) is 24.0 Å². The number of hydrogen-bond acceptors (Lipinski definition) is 5. The molecule has 0 aliphatic carbocycles. The Bertz CT molecular complexity index is 837. The summed E-state index contributed by atoms with van der Waals surface area (Å²) >= 11 is 0. The van der Waals surface area contributed by atoms with Crippen molar-refractivity contribution in [2.75, 3.05) is 46.4 Å². The standard InChI is InChI=1S/C24H38N4O4/c1-8-32-20-15-18(24(4,5)6)9-10-19(20)22(25-17(2)3)26(7)23(31)28-13-11-27(12-14-28)16-21(29)30/h9-10,15,17H,8,11-14,16H2,1-7H3,(H,29,30)/b25-22-. The lowest BCUT2D eigenvalue weighted by atomic mass is 9.86. The third-order valence-corrected chi connectivity index (χ3v) is 5.38. The first kappa shape index (κ1) is 25.6. The minimum absolute atomic E-state index is 0.00420. The molecule has 8 nitrogen and oxygen atoms in total. The fourth-order valence-corrected chi connectivity index (χ4v) is 3.62. The number of amides is 2. The largest absolute Gasteiger partial charge is 0.493 e. The van der Waals surface area contributed by atoms with Crippen LogP contribution >= 0.6 is 0 Å². The molecule has 0 spiro atoms. The number of carboxylic acids is 1. The summed E-state index contributed by atoms with van der Waals surface area (Å²) in [5.74, 6) is 0.433. The van der Waals surface area contributed by atoms with Crippen LogP contribution in [0, 0.1) is 0 Å². The van der Waals surface area contributed by atoms with Crippen LogP contribution in [0.1, 0.15) is 52.7 Å². The number of ether oxygens (including phenoxy) is 1. The number of amidine groups is 1. The number of aliphatic carboxylic acids is 1. The Kier molecular flexibility index (Phi) is 8.66. The van der Waals surface area contributed by atoms with Gasteiger partial charge in [-0.15, -0.1) is 0 Å². The summed E-state index contributed by atoms with van der Waals surface area (Å²) in [5.41, 5.74) is 1.91. The molecule has 1 fully saturated rings. The second-order valence-corrected chi connectivity index (χ2v) is 9.44. The molecule has 8 heteroatoms. The number of piperazine rings is 1. The molecule has 1 aromatic rings. The van der Waals surface area contributed by atoms with Gasteiger partial charge in [0.1, 0.15) is 11.6 Å². The van der Waals surface area contributed by atoms with Gasteiger partial charge in [-0.05, 0) is 43.9 Å². The van der Waals surface area contributed by atoms with Gasteiger partial charge < -0.3 is 14.7 Å². The highest BCUT2D eigenvalue weighted by Crippen LogP contribution is 2.30. The second-order valence-electron chi connectivity index (χ2n) is 9.44. The van der Waals surface area contributed by atoms with Gasteiger partial charge in [0.05, 0.1) is 18.7 Å². The van der Waals surface area contributed by atoms with E-state index in [1.54, 1.807) is 16.8 Å². The van der Waals surface area contributed by atoms with E-state index in [9.17, 15) is 9.59 Å². The fraction of sp³-hybridized carbons (Fsp3) is 0.625. The maximum atomic E-state index is 13.3. The van der Waals surface area contributed by atoms with Gasteiger partial charge in [0, 0.05) is 39.3 Å². The Hall–Kier alpha value is -2.61. The summed E-state index contributed by atoms with van der Waals surface area (Å²) in [6.07, 6.45) is 0. The van der Waals surface area contributed by atoms with E-state index in [1.807, 2.05) is 37.8 Å². The summed E-state index contributed by atoms with van der Waals surface area (Å²) in [4.78, 5) is 34.2. The van der Waals surface area contributed by atoms with E-state index in [0.29, 0.717) is 44.4 Å². The van der Waals surface area contributed by atoms with Crippen molar-refractivity contribution in [3.8, 4) is 5.75 Å². The molecule has 2 rings (SSSR count). The predicted octanol–water partition coefficient (Wildman–Crippen LogP) is 3.29. The van der Waals surface area contributed by atoms with Crippen LogP contribution in [0.3, 0.4) is 0 Å². The lowest BCUT2D eigenvalue weighted by molar-refractivity contribution is -0.138. The van der Waals surface area contributed by atoms with E-state index in [1.165, 1.54) is 0 Å². The first-order chi connectivity index (χ1) is 14.9. The lowest BCUT2D eigenvalue weighted by Crippen LogP contribution is -2.54. The van der Waals surface area contributed by atoms with Gasteiger partial charge in [-0.25, -0.2) is 4.79 Å². The first-order valence-electron chi connectivity index (χ1n) is 11.3. The molecule has 178 valence electrons. The first-order valence-corrected chi connectivity index (χ1v) is 11.3. The molecule has 1 saturated heterocycles. The third kappa shape index (κ3) is 6.69. The van der Waals surface area contributed by atoms with Crippen molar-refractivity contribution in [2.24, 2.45) is 4.99 Å². The van der Waals surface area contributed by atoms with Gasteiger partial charge in [0.25, 0.3) is 0 Å². The number of nitrogens with zero attached hydrogens (tertiary/aromatic N) is 4. The minimum Gasteiger partial charge on any atom is -0.493 e. The molecule has 1 aromatic carbocycles. The molecule has 32 heavy (non-hydrogen) atoms.